The molecule has 3 fully saturated rings. The molecule has 118 valence electrons. The molecule has 0 aromatic heterocycles. The second-order valence-corrected chi connectivity index (χ2v) is 10.1. The molecule has 0 aromatic carbocycles. The van der Waals surface area contributed by atoms with Crippen LogP contribution in [0.25, 0.3) is 0 Å². The first kappa shape index (κ1) is 22.8. The topological polar surface area (TPSA) is 18.5 Å². The Morgan fingerprint density at radius 1 is 0.524 bits per heavy atom. The van der Waals surface area contributed by atoms with Gasteiger partial charge in [0.2, 0.25) is 0 Å². The molecular formula is C16H24Cl2O2Th. The molecule has 5 heteroatoms. The Morgan fingerprint density at radius 2 is 0.714 bits per heavy atom. The van der Waals surface area contributed by atoms with Crippen molar-refractivity contribution in [3.63, 3.8) is 0 Å². The van der Waals surface area contributed by atoms with Gasteiger partial charge in [-0.1, -0.05) is 0 Å². The van der Waals surface area contributed by atoms with Crippen molar-refractivity contribution in [3.8, 4) is 0 Å². The Bertz CT molecular complexity index is 128. The first-order chi connectivity index (χ1) is 10.4. The molecule has 2 nitrogen and oxygen atoms in total. The van der Waals surface area contributed by atoms with E-state index in [1.54, 1.807) is 0 Å². The summed E-state index contributed by atoms with van der Waals surface area (Å²) >= 11 is -1.06. The normalized spacial score (nSPS) is 21.0. The summed E-state index contributed by atoms with van der Waals surface area (Å²) in [5.74, 6) is 9.95. The second-order valence-electron chi connectivity index (χ2n) is 4.25. The predicted molar refractivity (Wildman–Crippen MR) is 86.2 cm³/mol. The maximum absolute atomic E-state index is 4.97. The summed E-state index contributed by atoms with van der Waals surface area (Å²) in [4.78, 5) is 0. The van der Waals surface area contributed by atoms with Gasteiger partial charge in [0.15, 0.2) is 0 Å². The van der Waals surface area contributed by atoms with E-state index >= 15 is 0 Å². The summed E-state index contributed by atoms with van der Waals surface area (Å²) in [5.41, 5.74) is 0. The molecule has 21 heavy (non-hydrogen) atoms. The van der Waals surface area contributed by atoms with Crippen molar-refractivity contribution in [3.05, 3.63) is 51.4 Å². The SMILES string of the molecule is C1CCOC1.C1CCOC1.[CH]1[CH][CH][CH][CH][CH][CH][CH]1.[Cl][Th][Cl]. The van der Waals surface area contributed by atoms with Gasteiger partial charge in [0.1, 0.15) is 0 Å². The zero-order valence-electron chi connectivity index (χ0n) is 12.3. The van der Waals surface area contributed by atoms with Crippen LogP contribution in [0, 0.1) is 84.1 Å². The number of hydrogen-bond acceptors (Lipinski definition) is 2. The van der Waals surface area contributed by atoms with Crippen molar-refractivity contribution in [2.24, 2.45) is 0 Å². The Morgan fingerprint density at radius 3 is 0.810 bits per heavy atom. The molecule has 8 radical (unpaired) electrons. The molecule has 0 N–H and O–H groups in total. The van der Waals surface area contributed by atoms with E-state index < -0.39 is 32.8 Å². The van der Waals surface area contributed by atoms with Crippen molar-refractivity contribution >= 4 is 11.9 Å². The molecule has 0 atom stereocenters. The summed E-state index contributed by atoms with van der Waals surface area (Å²) in [6.45, 7) is 4.00. The fourth-order valence-electron chi connectivity index (χ4n) is 1.53. The minimum atomic E-state index is -1.06. The van der Waals surface area contributed by atoms with Crippen molar-refractivity contribution in [1.29, 1.82) is 0 Å². The first-order valence-corrected chi connectivity index (χ1v) is 17.3. The first-order valence-electron chi connectivity index (χ1n) is 7.20. The molecule has 1 saturated carbocycles. The standard InChI is InChI=1S/C8H8.2C4H8O.2ClH.Th/c1-2-4-6-8-7-5-3-1;2*1-2-4-5-3-1;;;/h1-8H;2*1-4H2;2*1H;/q;;;;;+2/p-2. The molecule has 2 saturated heterocycles. The molecule has 0 aromatic rings. The zero-order valence-corrected chi connectivity index (χ0v) is 18.0. The summed E-state index contributed by atoms with van der Waals surface area (Å²) in [5, 5.41) is 0. The van der Waals surface area contributed by atoms with Gasteiger partial charge in [0.25, 0.3) is 0 Å². The van der Waals surface area contributed by atoms with Gasteiger partial charge in [-0.15, -0.1) is 0 Å². The van der Waals surface area contributed by atoms with Crippen LogP contribution in [-0.2, 0) is 9.47 Å². The van der Waals surface area contributed by atoms with Crippen LogP contribution in [0.15, 0.2) is 0 Å². The molecule has 0 amide bonds. The van der Waals surface area contributed by atoms with E-state index in [4.69, 9.17) is 21.4 Å². The fraction of sp³-hybridized carbons (Fsp3) is 0.500. The van der Waals surface area contributed by atoms with Crippen molar-refractivity contribution in [2.45, 2.75) is 25.7 Å². The molecule has 0 spiro atoms. The van der Waals surface area contributed by atoms with E-state index in [0.717, 1.165) is 26.4 Å². The zero-order chi connectivity index (χ0) is 15.4. The van der Waals surface area contributed by atoms with E-state index in [-0.39, 0.29) is 0 Å². The van der Waals surface area contributed by atoms with E-state index in [0.29, 0.717) is 0 Å². The van der Waals surface area contributed by atoms with Gasteiger partial charge in [-0.2, -0.15) is 0 Å². The van der Waals surface area contributed by atoms with E-state index in [1.807, 2.05) is 51.4 Å². The van der Waals surface area contributed by atoms with Crippen LogP contribution in [0.3, 0.4) is 0 Å². The number of ether oxygens (including phenoxy) is 2. The van der Waals surface area contributed by atoms with Gasteiger partial charge in [0.05, 0.1) is 0 Å². The minimum absolute atomic E-state index is 1.00. The third-order valence-corrected chi connectivity index (χ3v) is 2.54. The molecule has 2 aliphatic heterocycles. The molecule has 3 rings (SSSR count). The van der Waals surface area contributed by atoms with Crippen LogP contribution in [0.2, 0.25) is 0 Å². The maximum atomic E-state index is 4.97. The Hall–Kier alpha value is 1.82. The molecule has 0 unspecified atom stereocenters. The van der Waals surface area contributed by atoms with Crippen molar-refractivity contribution in [1.82, 2.24) is 0 Å². The Balaban J connectivity index is 0.000000270. The van der Waals surface area contributed by atoms with Gasteiger partial charge in [-0.05, 0) is 77.0 Å². The predicted octanol–water partition coefficient (Wildman–Crippen LogP) is 4.61. The molecular weight excluding hydrogens is 527 g/mol. The van der Waals surface area contributed by atoms with Gasteiger partial charge in [-0.25, -0.2) is 0 Å². The van der Waals surface area contributed by atoms with E-state index in [9.17, 15) is 0 Å². The average Bonchev–Trinajstić information content (AvgIpc) is 3.19. The van der Waals surface area contributed by atoms with Crippen LogP contribution in [0.1, 0.15) is 25.7 Å². The molecule has 2 heterocycles. The average molecular weight is 551 g/mol. The Labute approximate surface area is 156 Å². The van der Waals surface area contributed by atoms with E-state index in [1.165, 1.54) is 25.7 Å². The van der Waals surface area contributed by atoms with Gasteiger partial charge >= 0.3 is 44.7 Å². The monoisotopic (exact) mass is 550 g/mol. The quantitative estimate of drug-likeness (QED) is 0.438. The summed E-state index contributed by atoms with van der Waals surface area (Å²) in [6.07, 6.45) is 21.1. The van der Waals surface area contributed by atoms with Gasteiger partial charge < -0.3 is 9.47 Å². The summed E-state index contributed by atoms with van der Waals surface area (Å²) in [6, 6.07) is 0. The third-order valence-electron chi connectivity index (χ3n) is 2.54. The van der Waals surface area contributed by atoms with Crippen LogP contribution >= 0.6 is 11.9 Å². The van der Waals surface area contributed by atoms with Crippen molar-refractivity contribution in [2.75, 3.05) is 26.4 Å². The second kappa shape index (κ2) is 21.8. The Kier molecular flexibility index (Phi) is 23.7. The van der Waals surface area contributed by atoms with Crippen LogP contribution in [0.5, 0.6) is 0 Å². The van der Waals surface area contributed by atoms with E-state index in [2.05, 4.69) is 0 Å². The van der Waals surface area contributed by atoms with Gasteiger partial charge in [0, 0.05) is 26.4 Å². The number of halogens is 2. The van der Waals surface area contributed by atoms with Crippen molar-refractivity contribution < 1.29 is 42.2 Å². The molecule has 3 aliphatic rings. The van der Waals surface area contributed by atoms with Gasteiger partial charge in [-0.3, -0.25) is 0 Å². The number of rotatable bonds is 0. The van der Waals surface area contributed by atoms with Crippen LogP contribution in [0.4, 0.5) is 0 Å². The molecule has 0 bridgehead atoms. The summed E-state index contributed by atoms with van der Waals surface area (Å²) < 4.78 is 9.89. The van der Waals surface area contributed by atoms with Crippen LogP contribution in [-0.4, -0.2) is 26.4 Å². The molecule has 1 aliphatic carbocycles. The van der Waals surface area contributed by atoms with Crippen LogP contribution < -0.4 is 0 Å². The number of hydrogen-bond donors (Lipinski definition) is 0. The summed E-state index contributed by atoms with van der Waals surface area (Å²) in [7, 11) is 0. The third kappa shape index (κ3) is 21.8. The fourth-order valence-corrected chi connectivity index (χ4v) is 1.53.